The van der Waals surface area contributed by atoms with E-state index < -0.39 is 8.32 Å². The van der Waals surface area contributed by atoms with Gasteiger partial charge in [-0.1, -0.05) is 120 Å². The van der Waals surface area contributed by atoms with Gasteiger partial charge in [0.2, 0.25) is 11.0 Å². The molecule has 3 aromatic rings. The minimum atomic E-state index is -2.64. The third kappa shape index (κ3) is 5.42. The van der Waals surface area contributed by atoms with Crippen LogP contribution in [0.25, 0.3) is 0 Å². The van der Waals surface area contributed by atoms with Gasteiger partial charge in [-0.25, -0.2) is 0 Å². The van der Waals surface area contributed by atoms with Crippen LogP contribution < -0.4 is 15.7 Å². The molecule has 0 aliphatic rings. The van der Waals surface area contributed by atoms with Gasteiger partial charge in [0.25, 0.3) is 8.32 Å². The number of carbonyl (C=O) groups excluding carboxylic acids is 1. The molecule has 176 valence electrons. The quantitative estimate of drug-likeness (QED) is 0.461. The van der Waals surface area contributed by atoms with E-state index >= 15 is 0 Å². The molecule has 1 aromatic heterocycles. The first-order valence-electron chi connectivity index (χ1n) is 11.4. The van der Waals surface area contributed by atoms with Gasteiger partial charge in [0.05, 0.1) is 0 Å². The zero-order valence-electron chi connectivity index (χ0n) is 20.7. The normalized spacial score (nSPS) is 12.7. The summed E-state index contributed by atoms with van der Waals surface area (Å²) in [5.74, 6) is -0.164. The summed E-state index contributed by atoms with van der Waals surface area (Å²) < 4.78 is 7.10. The monoisotopic (exact) mass is 481 g/mol. The summed E-state index contributed by atoms with van der Waals surface area (Å²) in [6.07, 6.45) is 0. The van der Waals surface area contributed by atoms with E-state index in [9.17, 15) is 4.79 Å². The molecule has 0 spiro atoms. The van der Waals surface area contributed by atoms with Crippen molar-refractivity contribution in [3.63, 3.8) is 0 Å². The van der Waals surface area contributed by atoms with E-state index in [4.69, 9.17) is 4.43 Å². The maximum atomic E-state index is 12.1. The fourth-order valence-electron chi connectivity index (χ4n) is 3.91. The van der Waals surface area contributed by atoms with Crippen LogP contribution in [0, 0.1) is 5.92 Å². The van der Waals surface area contributed by atoms with Gasteiger partial charge in [-0.2, -0.15) is 0 Å². The van der Waals surface area contributed by atoms with Crippen LogP contribution in [0.2, 0.25) is 5.04 Å². The summed E-state index contributed by atoms with van der Waals surface area (Å²) in [6.45, 7) is 15.3. The smallest absolute Gasteiger partial charge is 0.261 e. The molecule has 0 unspecified atom stereocenters. The van der Waals surface area contributed by atoms with Gasteiger partial charge >= 0.3 is 0 Å². The average molecular weight is 482 g/mol. The number of rotatable bonds is 8. The molecule has 1 amide bonds. The van der Waals surface area contributed by atoms with Crippen molar-refractivity contribution in [3.05, 3.63) is 65.7 Å². The van der Waals surface area contributed by atoms with Crippen molar-refractivity contribution in [3.8, 4) is 0 Å². The molecule has 1 N–H and O–H groups in total. The molecule has 5 nitrogen and oxygen atoms in total. The Balaban J connectivity index is 1.96. The number of aromatic nitrogens is 2. The van der Waals surface area contributed by atoms with Crippen LogP contribution in [0.4, 0.5) is 5.13 Å². The third-order valence-electron chi connectivity index (χ3n) is 5.82. The molecular weight excluding hydrogens is 446 g/mol. The zero-order valence-corrected chi connectivity index (χ0v) is 22.5. The van der Waals surface area contributed by atoms with Crippen LogP contribution in [-0.2, 0) is 14.6 Å². The lowest BCUT2D eigenvalue weighted by Crippen LogP contribution is -2.67. The molecule has 3 rings (SSSR count). The highest BCUT2D eigenvalue weighted by molar-refractivity contribution is 7.15. The summed E-state index contributed by atoms with van der Waals surface area (Å²) in [5, 5.41) is 15.2. The van der Waals surface area contributed by atoms with Gasteiger partial charge < -0.3 is 9.74 Å². The summed E-state index contributed by atoms with van der Waals surface area (Å²) in [4.78, 5) is 12.1. The highest BCUT2D eigenvalue weighted by atomic mass is 32.1. The minimum Gasteiger partial charge on any atom is -0.406 e. The number of nitrogens with zero attached hydrogens (tertiary/aromatic N) is 2. The van der Waals surface area contributed by atoms with Crippen LogP contribution in [0.15, 0.2) is 60.7 Å². The molecule has 1 heterocycles. The lowest BCUT2D eigenvalue weighted by molar-refractivity contribution is -0.118. The highest BCUT2D eigenvalue weighted by Gasteiger charge is 2.51. The van der Waals surface area contributed by atoms with Crippen LogP contribution in [0.1, 0.15) is 53.5 Å². The van der Waals surface area contributed by atoms with Crippen molar-refractivity contribution in [1.82, 2.24) is 10.2 Å². The van der Waals surface area contributed by atoms with Gasteiger partial charge in [0.15, 0.2) is 0 Å². The van der Waals surface area contributed by atoms with E-state index in [0.29, 0.717) is 11.7 Å². The Kier molecular flexibility index (Phi) is 7.56. The summed E-state index contributed by atoms with van der Waals surface area (Å²) in [7, 11) is -2.64. The lowest BCUT2D eigenvalue weighted by atomic mass is 9.96. The largest absolute Gasteiger partial charge is 0.406 e. The number of benzene rings is 2. The Morgan fingerprint density at radius 1 is 0.939 bits per heavy atom. The van der Waals surface area contributed by atoms with E-state index in [1.807, 2.05) is 13.8 Å². The molecule has 0 fully saturated rings. The molecule has 33 heavy (non-hydrogen) atoms. The van der Waals surface area contributed by atoms with Crippen molar-refractivity contribution >= 4 is 41.1 Å². The average Bonchev–Trinajstić information content (AvgIpc) is 3.24. The minimum absolute atomic E-state index is 0.0564. The van der Waals surface area contributed by atoms with Crippen LogP contribution in [0.5, 0.6) is 0 Å². The van der Waals surface area contributed by atoms with Gasteiger partial charge in [-0.05, 0) is 15.4 Å². The molecule has 0 saturated carbocycles. The standard InChI is InChI=1S/C26H35N3O2SSi/c1-19(2)22(30)27-24-29-28-23(32-24)26(6,7)18-31-33(25(3,4)5,20-14-10-8-11-15-20)21-16-12-9-13-17-21/h8-17,19H,18H2,1-7H3,(H,27,29,30). The fourth-order valence-corrected chi connectivity index (χ4v) is 9.48. The first kappa shape index (κ1) is 25.3. The second kappa shape index (κ2) is 9.87. The van der Waals surface area contributed by atoms with Gasteiger partial charge in [0.1, 0.15) is 5.01 Å². The molecule has 0 atom stereocenters. The number of amides is 1. The van der Waals surface area contributed by atoms with E-state index in [1.165, 1.54) is 21.7 Å². The zero-order chi connectivity index (χ0) is 24.3. The van der Waals surface area contributed by atoms with Gasteiger partial charge in [-0.15, -0.1) is 10.2 Å². The second-order valence-electron chi connectivity index (χ2n) is 10.4. The number of hydrogen-bond acceptors (Lipinski definition) is 5. The van der Waals surface area contributed by atoms with Crippen molar-refractivity contribution in [2.45, 2.75) is 58.9 Å². The second-order valence-corrected chi connectivity index (χ2v) is 15.7. The molecule has 0 bridgehead atoms. The number of nitrogens with one attached hydrogen (secondary N) is 1. The Hall–Kier alpha value is -2.35. The Bertz CT molecular complexity index is 1020. The summed E-state index contributed by atoms with van der Waals surface area (Å²) in [6, 6.07) is 21.3. The van der Waals surface area contributed by atoms with Crippen molar-refractivity contribution in [2.24, 2.45) is 5.92 Å². The van der Waals surface area contributed by atoms with Gasteiger partial charge in [-0.3, -0.25) is 4.79 Å². The summed E-state index contributed by atoms with van der Waals surface area (Å²) in [5.41, 5.74) is -0.370. The summed E-state index contributed by atoms with van der Waals surface area (Å²) >= 11 is 1.42. The fraction of sp³-hybridized carbons (Fsp3) is 0.423. The topological polar surface area (TPSA) is 64.1 Å². The van der Waals surface area contributed by atoms with Crippen molar-refractivity contribution in [1.29, 1.82) is 0 Å². The maximum absolute atomic E-state index is 12.1. The van der Waals surface area contributed by atoms with Crippen LogP contribution >= 0.6 is 11.3 Å². The number of carbonyl (C=O) groups is 1. The van der Waals surface area contributed by atoms with E-state index in [2.05, 4.69) is 111 Å². The Labute approximate surface area is 202 Å². The molecule has 7 heteroatoms. The molecule has 0 aliphatic heterocycles. The molecule has 0 radical (unpaired) electrons. The molecule has 2 aromatic carbocycles. The molecular formula is C26H35N3O2SSi. The van der Waals surface area contributed by atoms with Crippen molar-refractivity contribution in [2.75, 3.05) is 11.9 Å². The molecule has 0 saturated heterocycles. The number of anilines is 1. The maximum Gasteiger partial charge on any atom is 0.261 e. The SMILES string of the molecule is CC(C)C(=O)Nc1nnc(C(C)(C)CO[Si](c2ccccc2)(c2ccccc2)C(C)(C)C)s1. The lowest BCUT2D eigenvalue weighted by Gasteiger charge is -2.44. The first-order chi connectivity index (χ1) is 15.5. The van der Waals surface area contributed by atoms with Crippen molar-refractivity contribution < 1.29 is 9.22 Å². The predicted octanol–water partition coefficient (Wildman–Crippen LogP) is 4.99. The van der Waals surface area contributed by atoms with Crippen LogP contribution in [0.3, 0.4) is 0 Å². The predicted molar refractivity (Wildman–Crippen MR) is 140 cm³/mol. The number of hydrogen-bond donors (Lipinski definition) is 1. The van der Waals surface area contributed by atoms with Gasteiger partial charge in [0, 0.05) is 17.9 Å². The van der Waals surface area contributed by atoms with E-state index in [1.54, 1.807) is 0 Å². The van der Waals surface area contributed by atoms with E-state index in [0.717, 1.165) is 5.01 Å². The Morgan fingerprint density at radius 2 is 1.45 bits per heavy atom. The third-order valence-corrected chi connectivity index (χ3v) is 12.0. The first-order valence-corrected chi connectivity index (χ1v) is 14.1. The highest BCUT2D eigenvalue weighted by Crippen LogP contribution is 2.38. The molecule has 0 aliphatic carbocycles. The van der Waals surface area contributed by atoms with E-state index in [-0.39, 0.29) is 22.3 Å². The Morgan fingerprint density at radius 3 is 1.91 bits per heavy atom. The van der Waals surface area contributed by atoms with Crippen LogP contribution in [-0.4, -0.2) is 31.0 Å².